The lowest BCUT2D eigenvalue weighted by molar-refractivity contribution is -0.177. The minimum atomic E-state index is -1.04. The van der Waals surface area contributed by atoms with Gasteiger partial charge in [-0.3, -0.25) is 4.79 Å². The van der Waals surface area contributed by atoms with Gasteiger partial charge in [0.25, 0.3) is 5.91 Å². The molecule has 3 aliphatic rings. The summed E-state index contributed by atoms with van der Waals surface area (Å²) < 4.78 is 11.2. The Labute approximate surface area is 197 Å². The number of carbonyl (C=O) groups excluding carboxylic acids is 2. The first kappa shape index (κ1) is 22.4. The molecule has 1 aliphatic carbocycles. The second kappa shape index (κ2) is 8.43. The number of ether oxygens (including phenoxy) is 2. The molecule has 2 amide bonds. The highest BCUT2D eigenvalue weighted by Gasteiger charge is 2.55. The van der Waals surface area contributed by atoms with Gasteiger partial charge in [0, 0.05) is 24.5 Å². The summed E-state index contributed by atoms with van der Waals surface area (Å²) in [4.78, 5) is 38.7. The zero-order valence-electron chi connectivity index (χ0n) is 19.2. The van der Waals surface area contributed by atoms with Gasteiger partial charge in [0.1, 0.15) is 12.6 Å². The van der Waals surface area contributed by atoms with Crippen LogP contribution in [-0.4, -0.2) is 65.9 Å². The number of rotatable bonds is 5. The highest BCUT2D eigenvalue weighted by molar-refractivity contribution is 5.90. The Morgan fingerprint density at radius 2 is 1.71 bits per heavy atom. The fraction of sp³-hybridized carbons (Fsp3) is 0.423. The molecule has 3 atom stereocenters. The van der Waals surface area contributed by atoms with Gasteiger partial charge in [-0.1, -0.05) is 62.4 Å². The molecule has 178 valence electrons. The number of carbonyl (C=O) groups is 3. The van der Waals surface area contributed by atoms with Gasteiger partial charge in [-0.05, 0) is 28.7 Å². The van der Waals surface area contributed by atoms with Gasteiger partial charge in [-0.2, -0.15) is 0 Å². The van der Waals surface area contributed by atoms with Crippen LogP contribution in [0.15, 0.2) is 48.5 Å². The van der Waals surface area contributed by atoms with Crippen molar-refractivity contribution in [1.29, 1.82) is 0 Å². The second-order valence-corrected chi connectivity index (χ2v) is 9.85. The van der Waals surface area contributed by atoms with E-state index < -0.39 is 41.6 Å². The first-order chi connectivity index (χ1) is 16.3. The van der Waals surface area contributed by atoms with Gasteiger partial charge in [0.05, 0.1) is 6.04 Å². The molecular weight excluding hydrogens is 436 g/mol. The molecule has 0 aromatic heterocycles. The molecule has 5 rings (SSSR count). The lowest BCUT2D eigenvalue weighted by atomic mass is 9.74. The highest BCUT2D eigenvalue weighted by atomic mass is 16.6. The molecule has 2 saturated heterocycles. The molecule has 0 bridgehead atoms. The van der Waals surface area contributed by atoms with E-state index in [1.165, 1.54) is 4.90 Å². The number of nitrogens with one attached hydrogen (secondary N) is 1. The molecular formula is C26H28N2O6. The van der Waals surface area contributed by atoms with Crippen molar-refractivity contribution in [3.05, 3.63) is 59.7 Å². The Morgan fingerprint density at radius 1 is 1.09 bits per heavy atom. The van der Waals surface area contributed by atoms with Crippen molar-refractivity contribution in [3.8, 4) is 11.1 Å². The van der Waals surface area contributed by atoms with Gasteiger partial charge in [0.2, 0.25) is 0 Å². The number of hydrogen-bond acceptors (Lipinski definition) is 5. The van der Waals surface area contributed by atoms with Crippen molar-refractivity contribution in [3.63, 3.8) is 0 Å². The molecule has 2 aliphatic heterocycles. The zero-order valence-corrected chi connectivity index (χ0v) is 19.2. The molecule has 0 spiro atoms. The van der Waals surface area contributed by atoms with E-state index in [0.717, 1.165) is 22.3 Å². The van der Waals surface area contributed by atoms with E-state index in [2.05, 4.69) is 17.4 Å². The molecule has 2 heterocycles. The van der Waals surface area contributed by atoms with E-state index in [4.69, 9.17) is 9.47 Å². The van der Waals surface area contributed by atoms with Crippen molar-refractivity contribution >= 4 is 18.0 Å². The smallest absolute Gasteiger partial charge is 0.407 e. The molecule has 8 heteroatoms. The predicted molar refractivity (Wildman–Crippen MR) is 123 cm³/mol. The van der Waals surface area contributed by atoms with Crippen LogP contribution in [0.1, 0.15) is 37.3 Å². The Bertz CT molecular complexity index is 1100. The standard InChI is InChI=1S/C26H28N2O6/c1-26(2)14-28(22(26)24(30)31)23(29)21-20(11-12-33-21)27-25(32)34-13-19-17-9-5-3-7-15(17)16-8-4-6-10-18(16)19/h3-10,19-22H,11-14H2,1-2H3,(H,27,32)(H,30,31)/t20-,21+,22?/m0/s1. The summed E-state index contributed by atoms with van der Waals surface area (Å²) in [6, 6.07) is 14.7. The molecule has 2 fully saturated rings. The first-order valence-corrected chi connectivity index (χ1v) is 11.5. The normalized spacial score (nSPS) is 24.6. The average molecular weight is 465 g/mol. The largest absolute Gasteiger partial charge is 0.480 e. The number of alkyl carbamates (subject to hydrolysis) is 1. The number of carboxylic acids is 1. The minimum absolute atomic E-state index is 0.0601. The molecule has 0 radical (unpaired) electrons. The third kappa shape index (κ3) is 3.72. The van der Waals surface area contributed by atoms with E-state index in [1.54, 1.807) is 0 Å². The van der Waals surface area contributed by atoms with Gasteiger partial charge in [0.15, 0.2) is 6.10 Å². The van der Waals surface area contributed by atoms with E-state index in [0.29, 0.717) is 19.6 Å². The topological polar surface area (TPSA) is 105 Å². The fourth-order valence-corrected chi connectivity index (χ4v) is 5.53. The minimum Gasteiger partial charge on any atom is -0.480 e. The summed E-state index contributed by atoms with van der Waals surface area (Å²) in [6.07, 6.45) is -1.08. The molecule has 34 heavy (non-hydrogen) atoms. The summed E-state index contributed by atoms with van der Waals surface area (Å²) in [5.74, 6) is -1.51. The van der Waals surface area contributed by atoms with Gasteiger partial charge < -0.3 is 24.8 Å². The summed E-state index contributed by atoms with van der Waals surface area (Å²) in [7, 11) is 0. The maximum absolute atomic E-state index is 13.0. The third-order valence-corrected chi connectivity index (χ3v) is 7.13. The zero-order chi connectivity index (χ0) is 24.0. The van der Waals surface area contributed by atoms with Crippen LogP contribution in [0, 0.1) is 5.41 Å². The van der Waals surface area contributed by atoms with Gasteiger partial charge in [-0.25, -0.2) is 9.59 Å². The maximum atomic E-state index is 13.0. The Kier molecular flexibility index (Phi) is 5.56. The van der Waals surface area contributed by atoms with Crippen molar-refractivity contribution in [2.24, 2.45) is 5.41 Å². The summed E-state index contributed by atoms with van der Waals surface area (Å²) in [5.41, 5.74) is 4.03. The summed E-state index contributed by atoms with van der Waals surface area (Å²) in [6.45, 7) is 4.45. The fourth-order valence-electron chi connectivity index (χ4n) is 5.53. The van der Waals surface area contributed by atoms with Crippen LogP contribution in [0.5, 0.6) is 0 Å². The summed E-state index contributed by atoms with van der Waals surface area (Å²) >= 11 is 0. The van der Waals surface area contributed by atoms with Crippen LogP contribution in [0.2, 0.25) is 0 Å². The molecule has 0 saturated carbocycles. The number of nitrogens with zero attached hydrogens (tertiary/aromatic N) is 1. The Morgan fingerprint density at radius 3 is 2.29 bits per heavy atom. The summed E-state index contributed by atoms with van der Waals surface area (Å²) in [5, 5.41) is 12.3. The Hall–Kier alpha value is -3.39. The molecule has 2 aromatic rings. The van der Waals surface area contributed by atoms with Gasteiger partial charge >= 0.3 is 12.1 Å². The number of likely N-dealkylation sites (tertiary alicyclic amines) is 1. The van der Waals surface area contributed by atoms with Gasteiger partial charge in [-0.15, -0.1) is 0 Å². The number of hydrogen-bond donors (Lipinski definition) is 2. The van der Waals surface area contributed by atoms with Crippen LogP contribution in [0.4, 0.5) is 4.79 Å². The number of carboxylic acid groups (broad SMARTS) is 1. The van der Waals surface area contributed by atoms with Crippen LogP contribution < -0.4 is 5.32 Å². The molecule has 1 unspecified atom stereocenters. The van der Waals surface area contributed by atoms with Crippen LogP contribution in [0.3, 0.4) is 0 Å². The van der Waals surface area contributed by atoms with Crippen molar-refractivity contribution in [1.82, 2.24) is 10.2 Å². The van der Waals surface area contributed by atoms with E-state index in [9.17, 15) is 19.5 Å². The monoisotopic (exact) mass is 464 g/mol. The van der Waals surface area contributed by atoms with Crippen molar-refractivity contribution < 1.29 is 29.0 Å². The van der Waals surface area contributed by atoms with E-state index in [-0.39, 0.29) is 12.5 Å². The maximum Gasteiger partial charge on any atom is 0.407 e. The molecule has 2 aromatic carbocycles. The average Bonchev–Trinajstić information content (AvgIpc) is 3.38. The number of aliphatic carboxylic acids is 1. The van der Waals surface area contributed by atoms with E-state index >= 15 is 0 Å². The Balaban J connectivity index is 1.22. The van der Waals surface area contributed by atoms with Crippen LogP contribution >= 0.6 is 0 Å². The number of amides is 2. The van der Waals surface area contributed by atoms with Crippen molar-refractivity contribution in [2.45, 2.75) is 44.4 Å². The lowest BCUT2D eigenvalue weighted by Crippen LogP contribution is -2.69. The molecule has 8 nitrogen and oxygen atoms in total. The SMILES string of the molecule is CC1(C)CN(C(=O)[C@@H]2OCC[C@@H]2NC(=O)OCC2c3ccccc3-c3ccccc32)C1C(=O)O. The highest BCUT2D eigenvalue weighted by Crippen LogP contribution is 2.44. The van der Waals surface area contributed by atoms with Crippen LogP contribution in [-0.2, 0) is 19.1 Å². The quantitative estimate of drug-likeness (QED) is 0.705. The third-order valence-electron chi connectivity index (χ3n) is 7.13. The first-order valence-electron chi connectivity index (χ1n) is 11.5. The van der Waals surface area contributed by atoms with E-state index in [1.807, 2.05) is 50.2 Å². The van der Waals surface area contributed by atoms with Crippen molar-refractivity contribution in [2.75, 3.05) is 19.8 Å². The molecule has 2 N–H and O–H groups in total. The second-order valence-electron chi connectivity index (χ2n) is 9.85. The predicted octanol–water partition coefficient (Wildman–Crippen LogP) is 3.00. The number of benzene rings is 2. The lowest BCUT2D eigenvalue weighted by Gasteiger charge is -2.52. The number of fused-ring (bicyclic) bond motifs is 3. The van der Waals surface area contributed by atoms with Crippen LogP contribution in [0.25, 0.3) is 11.1 Å².